The van der Waals surface area contributed by atoms with E-state index in [4.69, 9.17) is 4.52 Å². The molecule has 0 aromatic heterocycles. The average molecular weight is 299 g/mol. The lowest BCUT2D eigenvalue weighted by Crippen LogP contribution is -2.25. The Kier molecular flexibility index (Phi) is 8.36. The first-order valence-electron chi connectivity index (χ1n) is 7.05. The molecule has 0 bridgehead atoms. The summed E-state index contributed by atoms with van der Waals surface area (Å²) in [7, 11) is -0.687. The number of benzene rings is 1. The highest BCUT2D eigenvalue weighted by molar-refractivity contribution is 8.00. The van der Waals surface area contributed by atoms with Crippen molar-refractivity contribution in [1.82, 2.24) is 0 Å². The molecule has 0 aliphatic carbocycles. The highest BCUT2D eigenvalue weighted by Gasteiger charge is 2.35. The highest BCUT2D eigenvalue weighted by atomic mass is 32.2. The van der Waals surface area contributed by atoms with Gasteiger partial charge >= 0.3 is 8.69 Å². The SMILES string of the molecule is CCCCC(CCCC)(O[PH+]=O)Sc1ccccc1. The van der Waals surface area contributed by atoms with E-state index in [0.717, 1.165) is 38.5 Å². The van der Waals surface area contributed by atoms with Gasteiger partial charge in [-0.2, -0.15) is 0 Å². The van der Waals surface area contributed by atoms with Crippen LogP contribution in [-0.4, -0.2) is 4.93 Å². The molecule has 1 unspecified atom stereocenters. The van der Waals surface area contributed by atoms with Gasteiger partial charge in [0.1, 0.15) is 0 Å². The molecule has 0 spiro atoms. The summed E-state index contributed by atoms with van der Waals surface area (Å²) in [4.78, 5) is 0.862. The Labute approximate surface area is 122 Å². The number of hydrogen-bond acceptors (Lipinski definition) is 3. The van der Waals surface area contributed by atoms with E-state index in [1.807, 2.05) is 18.2 Å². The van der Waals surface area contributed by atoms with Gasteiger partial charge in [0.25, 0.3) is 0 Å². The van der Waals surface area contributed by atoms with E-state index < -0.39 is 8.69 Å². The summed E-state index contributed by atoms with van der Waals surface area (Å²) in [5.41, 5.74) is 0. The van der Waals surface area contributed by atoms with Crippen molar-refractivity contribution < 1.29 is 9.09 Å². The molecular formula is C15H24O2PS+. The van der Waals surface area contributed by atoms with Gasteiger partial charge < -0.3 is 0 Å². The molecule has 1 aromatic rings. The molecule has 0 amide bonds. The molecule has 1 rings (SSSR count). The van der Waals surface area contributed by atoms with Crippen LogP contribution in [0, 0.1) is 0 Å². The molecule has 19 heavy (non-hydrogen) atoms. The third-order valence-electron chi connectivity index (χ3n) is 3.10. The predicted molar refractivity (Wildman–Crippen MR) is 84.2 cm³/mol. The van der Waals surface area contributed by atoms with Crippen LogP contribution < -0.4 is 0 Å². The average Bonchev–Trinajstić information content (AvgIpc) is 2.44. The summed E-state index contributed by atoms with van der Waals surface area (Å²) in [6, 6.07) is 10.3. The molecular weight excluding hydrogens is 275 g/mol. The van der Waals surface area contributed by atoms with Crippen molar-refractivity contribution in [2.24, 2.45) is 0 Å². The lowest BCUT2D eigenvalue weighted by Gasteiger charge is -2.27. The Morgan fingerprint density at radius 2 is 1.68 bits per heavy atom. The fourth-order valence-corrected chi connectivity index (χ4v) is 3.86. The molecule has 0 N–H and O–H groups in total. The molecule has 0 saturated carbocycles. The molecule has 106 valence electrons. The summed E-state index contributed by atoms with van der Waals surface area (Å²) in [6.07, 6.45) is 6.39. The Hall–Kier alpha value is -0.370. The molecule has 0 heterocycles. The van der Waals surface area contributed by atoms with Crippen molar-refractivity contribution in [3.05, 3.63) is 30.3 Å². The molecule has 0 radical (unpaired) electrons. The third kappa shape index (κ3) is 6.07. The van der Waals surface area contributed by atoms with Gasteiger partial charge in [0.2, 0.25) is 0 Å². The third-order valence-corrected chi connectivity index (χ3v) is 5.09. The molecule has 0 fully saturated rings. The van der Waals surface area contributed by atoms with E-state index in [-0.39, 0.29) is 4.93 Å². The maximum absolute atomic E-state index is 11.1. The predicted octanol–water partition coefficient (Wildman–Crippen LogP) is 5.81. The van der Waals surface area contributed by atoms with Crippen molar-refractivity contribution >= 4 is 20.4 Å². The Bertz CT molecular complexity index is 348. The van der Waals surface area contributed by atoms with Crippen LogP contribution >= 0.6 is 20.4 Å². The van der Waals surface area contributed by atoms with Crippen LogP contribution in [0.25, 0.3) is 0 Å². The zero-order valence-electron chi connectivity index (χ0n) is 11.9. The minimum absolute atomic E-state index is 0.326. The van der Waals surface area contributed by atoms with E-state index in [0.29, 0.717) is 0 Å². The van der Waals surface area contributed by atoms with Gasteiger partial charge in [-0.15, -0.1) is 4.52 Å². The van der Waals surface area contributed by atoms with Crippen LogP contribution in [0.2, 0.25) is 0 Å². The number of rotatable bonds is 10. The lowest BCUT2D eigenvalue weighted by molar-refractivity contribution is 0.157. The molecule has 0 saturated heterocycles. The second kappa shape index (κ2) is 9.52. The Balaban J connectivity index is 2.82. The van der Waals surface area contributed by atoms with Crippen LogP contribution in [0.5, 0.6) is 0 Å². The van der Waals surface area contributed by atoms with Gasteiger partial charge in [-0.1, -0.05) is 56.7 Å². The van der Waals surface area contributed by atoms with E-state index in [9.17, 15) is 4.57 Å². The summed E-state index contributed by atoms with van der Waals surface area (Å²) in [6.45, 7) is 4.36. The normalized spacial score (nSPS) is 11.9. The number of hydrogen-bond donors (Lipinski definition) is 0. The molecule has 0 aliphatic heterocycles. The van der Waals surface area contributed by atoms with Crippen LogP contribution in [0.4, 0.5) is 0 Å². The quantitative estimate of drug-likeness (QED) is 0.310. The van der Waals surface area contributed by atoms with Crippen LogP contribution in [-0.2, 0) is 9.09 Å². The van der Waals surface area contributed by atoms with Crippen LogP contribution in [0.3, 0.4) is 0 Å². The molecule has 1 aromatic carbocycles. The smallest absolute Gasteiger partial charge is 0.130 e. The summed E-state index contributed by atoms with van der Waals surface area (Å²) < 4.78 is 16.7. The largest absolute Gasteiger partial charge is 0.495 e. The van der Waals surface area contributed by atoms with Crippen molar-refractivity contribution in [2.75, 3.05) is 0 Å². The topological polar surface area (TPSA) is 26.3 Å². The monoisotopic (exact) mass is 299 g/mol. The molecule has 1 atom stereocenters. The van der Waals surface area contributed by atoms with Crippen molar-refractivity contribution in [3.63, 3.8) is 0 Å². The maximum atomic E-state index is 11.1. The fraction of sp³-hybridized carbons (Fsp3) is 0.600. The first kappa shape index (κ1) is 16.7. The number of unbranched alkanes of at least 4 members (excludes halogenated alkanes) is 2. The van der Waals surface area contributed by atoms with Crippen molar-refractivity contribution in [3.8, 4) is 0 Å². The summed E-state index contributed by atoms with van der Waals surface area (Å²) in [5.74, 6) is 0. The molecule has 0 aliphatic rings. The first-order valence-corrected chi connectivity index (χ1v) is 8.69. The van der Waals surface area contributed by atoms with E-state index >= 15 is 0 Å². The van der Waals surface area contributed by atoms with Gasteiger partial charge in [0.15, 0.2) is 4.93 Å². The second-order valence-corrected chi connectivity index (χ2v) is 6.51. The Morgan fingerprint density at radius 3 is 2.16 bits per heavy atom. The van der Waals surface area contributed by atoms with Gasteiger partial charge in [-0.25, -0.2) is 0 Å². The van der Waals surface area contributed by atoms with Crippen LogP contribution in [0.15, 0.2) is 35.2 Å². The summed E-state index contributed by atoms with van der Waals surface area (Å²) in [5, 5.41) is 0. The van der Waals surface area contributed by atoms with E-state index in [2.05, 4.69) is 26.0 Å². The van der Waals surface area contributed by atoms with Gasteiger partial charge in [-0.3, -0.25) is 0 Å². The van der Waals surface area contributed by atoms with E-state index in [1.54, 1.807) is 11.8 Å². The maximum Gasteiger partial charge on any atom is 0.495 e. The van der Waals surface area contributed by atoms with Crippen molar-refractivity contribution in [2.45, 2.75) is 62.2 Å². The lowest BCUT2D eigenvalue weighted by atomic mass is 10.1. The number of thioether (sulfide) groups is 1. The molecule has 2 nitrogen and oxygen atoms in total. The minimum Gasteiger partial charge on any atom is -0.130 e. The van der Waals surface area contributed by atoms with Gasteiger partial charge in [0, 0.05) is 4.90 Å². The minimum atomic E-state index is -0.687. The van der Waals surface area contributed by atoms with E-state index in [1.165, 1.54) is 4.90 Å². The zero-order chi connectivity index (χ0) is 14.0. The standard InChI is InChI=1S/C15H24O2PS/c1-3-5-12-15(17-18-16,13-6-4-2)19-14-10-8-7-9-11-14/h7-11,18H,3-6,12-13H2,1-2H3/q+1. The van der Waals surface area contributed by atoms with Crippen molar-refractivity contribution in [1.29, 1.82) is 0 Å². The van der Waals surface area contributed by atoms with Gasteiger partial charge in [-0.05, 0) is 42.4 Å². The Morgan fingerprint density at radius 1 is 1.11 bits per heavy atom. The highest BCUT2D eigenvalue weighted by Crippen LogP contribution is 2.43. The molecule has 4 heteroatoms. The summed E-state index contributed by atoms with van der Waals surface area (Å²) >= 11 is 1.73. The zero-order valence-corrected chi connectivity index (χ0v) is 13.7. The first-order chi connectivity index (χ1) is 9.26. The fourth-order valence-electron chi connectivity index (χ4n) is 2.02. The van der Waals surface area contributed by atoms with Gasteiger partial charge in [0.05, 0.1) is 0 Å². The van der Waals surface area contributed by atoms with Crippen LogP contribution in [0.1, 0.15) is 52.4 Å². The second-order valence-electron chi connectivity index (χ2n) is 4.72.